The van der Waals surface area contributed by atoms with Gasteiger partial charge in [-0.05, 0) is 59.5 Å². The Morgan fingerprint density at radius 3 is 2.19 bits per heavy atom. The average Bonchev–Trinajstić information content (AvgIpc) is 3.03. The maximum Gasteiger partial charge on any atom is 0.282 e. The molecule has 1 N–H and O–H groups in total. The highest BCUT2D eigenvalue weighted by Crippen LogP contribution is 2.35. The van der Waals surface area contributed by atoms with E-state index in [9.17, 15) is 14.0 Å². The van der Waals surface area contributed by atoms with Gasteiger partial charge in [0.1, 0.15) is 17.3 Å². The summed E-state index contributed by atoms with van der Waals surface area (Å²) < 4.78 is 18.9. The van der Waals surface area contributed by atoms with Gasteiger partial charge in [-0.1, -0.05) is 44.2 Å². The molecule has 3 aromatic rings. The van der Waals surface area contributed by atoms with E-state index in [-0.39, 0.29) is 11.3 Å². The normalized spacial score (nSPS) is 13.8. The van der Waals surface area contributed by atoms with Gasteiger partial charge in [-0.25, -0.2) is 9.29 Å². The molecule has 3 aromatic carbocycles. The molecule has 6 heteroatoms. The smallest absolute Gasteiger partial charge is 0.282 e. The number of methoxy groups -OCH3 is 1. The van der Waals surface area contributed by atoms with Gasteiger partial charge < -0.3 is 10.1 Å². The van der Waals surface area contributed by atoms with Gasteiger partial charge in [0.05, 0.1) is 18.4 Å². The Balaban J connectivity index is 1.78. The first-order chi connectivity index (χ1) is 15.4. The molecule has 0 saturated carbocycles. The highest BCUT2D eigenvalue weighted by molar-refractivity contribution is 6.46. The van der Waals surface area contributed by atoms with E-state index in [1.165, 1.54) is 18.2 Å². The average molecular weight is 430 g/mol. The molecule has 2 amide bonds. The summed E-state index contributed by atoms with van der Waals surface area (Å²) in [4.78, 5) is 28.0. The lowest BCUT2D eigenvalue weighted by molar-refractivity contribution is -0.120. The van der Waals surface area contributed by atoms with E-state index in [1.54, 1.807) is 49.6 Å². The van der Waals surface area contributed by atoms with Crippen molar-refractivity contribution < 1.29 is 18.7 Å². The van der Waals surface area contributed by atoms with E-state index in [0.717, 1.165) is 10.5 Å². The molecule has 0 unspecified atom stereocenters. The summed E-state index contributed by atoms with van der Waals surface area (Å²) in [5, 5.41) is 2.96. The van der Waals surface area contributed by atoms with Crippen molar-refractivity contribution in [2.45, 2.75) is 19.8 Å². The van der Waals surface area contributed by atoms with Crippen LogP contribution in [-0.2, 0) is 9.59 Å². The second kappa shape index (κ2) is 8.67. The van der Waals surface area contributed by atoms with Crippen LogP contribution in [0.25, 0.3) is 5.57 Å². The number of carbonyl (C=O) groups excluding carboxylic acids is 2. The molecule has 0 fully saturated rings. The summed E-state index contributed by atoms with van der Waals surface area (Å²) >= 11 is 0. The van der Waals surface area contributed by atoms with E-state index < -0.39 is 17.6 Å². The highest BCUT2D eigenvalue weighted by Gasteiger charge is 2.40. The van der Waals surface area contributed by atoms with Crippen LogP contribution < -0.4 is 15.0 Å². The molecule has 0 radical (unpaired) electrons. The molecule has 4 rings (SSSR count). The molecule has 1 aliphatic heterocycles. The Bertz CT molecular complexity index is 1200. The van der Waals surface area contributed by atoms with Crippen LogP contribution in [0.3, 0.4) is 0 Å². The molecule has 0 bridgehead atoms. The number of halogens is 1. The van der Waals surface area contributed by atoms with E-state index in [1.807, 2.05) is 12.1 Å². The third-order valence-corrected chi connectivity index (χ3v) is 5.37. The molecule has 1 aliphatic rings. The summed E-state index contributed by atoms with van der Waals surface area (Å²) in [5.74, 6) is -0.433. The lowest BCUT2D eigenvalue weighted by Crippen LogP contribution is -2.32. The van der Waals surface area contributed by atoms with Gasteiger partial charge in [-0.15, -0.1) is 0 Å². The number of hydrogen-bond acceptors (Lipinski definition) is 4. The molecular weight excluding hydrogens is 407 g/mol. The lowest BCUT2D eigenvalue weighted by atomic mass is 10.0. The Labute approximate surface area is 186 Å². The van der Waals surface area contributed by atoms with Gasteiger partial charge in [0.25, 0.3) is 11.8 Å². The van der Waals surface area contributed by atoms with Crippen LogP contribution >= 0.6 is 0 Å². The maximum atomic E-state index is 13.7. The Kier molecular flexibility index (Phi) is 5.77. The van der Waals surface area contributed by atoms with Crippen LogP contribution in [-0.4, -0.2) is 18.9 Å². The first kappa shape index (κ1) is 21.3. The number of anilines is 2. The van der Waals surface area contributed by atoms with Crippen LogP contribution in [0.4, 0.5) is 15.8 Å². The fourth-order valence-electron chi connectivity index (χ4n) is 3.62. The van der Waals surface area contributed by atoms with Gasteiger partial charge in [-0.3, -0.25) is 9.59 Å². The number of nitrogens with zero attached hydrogens (tertiary/aromatic N) is 1. The summed E-state index contributed by atoms with van der Waals surface area (Å²) in [6.07, 6.45) is 0. The first-order valence-electron chi connectivity index (χ1n) is 10.3. The number of ether oxygens (including phenoxy) is 1. The molecule has 5 nitrogen and oxygen atoms in total. The molecular formula is C26H23FN2O3. The minimum Gasteiger partial charge on any atom is -0.497 e. The van der Waals surface area contributed by atoms with Crippen LogP contribution in [0.5, 0.6) is 5.75 Å². The number of amides is 2. The number of nitrogens with one attached hydrogen (secondary N) is 1. The van der Waals surface area contributed by atoms with Gasteiger partial charge >= 0.3 is 0 Å². The molecule has 0 aromatic heterocycles. The molecule has 0 aliphatic carbocycles. The van der Waals surface area contributed by atoms with E-state index in [2.05, 4.69) is 19.2 Å². The van der Waals surface area contributed by atoms with Crippen molar-refractivity contribution >= 4 is 28.8 Å². The van der Waals surface area contributed by atoms with Gasteiger partial charge in [0.15, 0.2) is 0 Å². The minimum absolute atomic E-state index is 0.0960. The predicted octanol–water partition coefficient (Wildman–Crippen LogP) is 5.35. The summed E-state index contributed by atoms with van der Waals surface area (Å²) in [6.45, 7) is 4.15. The zero-order chi connectivity index (χ0) is 22.8. The molecule has 0 atom stereocenters. The Morgan fingerprint density at radius 2 is 1.59 bits per heavy atom. The summed E-state index contributed by atoms with van der Waals surface area (Å²) in [6, 6.07) is 20.0. The largest absolute Gasteiger partial charge is 0.497 e. The lowest BCUT2D eigenvalue weighted by Gasteiger charge is -2.16. The van der Waals surface area contributed by atoms with E-state index >= 15 is 0 Å². The van der Waals surface area contributed by atoms with Gasteiger partial charge in [-0.2, -0.15) is 0 Å². The maximum absolute atomic E-state index is 13.7. The van der Waals surface area contributed by atoms with E-state index in [0.29, 0.717) is 28.6 Å². The predicted molar refractivity (Wildman–Crippen MR) is 123 cm³/mol. The van der Waals surface area contributed by atoms with Crippen LogP contribution in [0.2, 0.25) is 0 Å². The molecule has 162 valence electrons. The Morgan fingerprint density at radius 1 is 0.906 bits per heavy atom. The third-order valence-electron chi connectivity index (χ3n) is 5.37. The second-order valence-electron chi connectivity index (χ2n) is 7.81. The van der Waals surface area contributed by atoms with Crippen LogP contribution in [0.1, 0.15) is 30.9 Å². The van der Waals surface area contributed by atoms with Crippen LogP contribution in [0, 0.1) is 5.82 Å². The molecule has 32 heavy (non-hydrogen) atoms. The molecule has 1 heterocycles. The number of carbonyl (C=O) groups is 2. The topological polar surface area (TPSA) is 58.6 Å². The number of rotatable bonds is 6. The fraction of sp³-hybridized carbons (Fsp3) is 0.154. The van der Waals surface area contributed by atoms with Crippen molar-refractivity contribution in [2.24, 2.45) is 0 Å². The number of benzene rings is 3. The highest BCUT2D eigenvalue weighted by atomic mass is 19.1. The monoisotopic (exact) mass is 430 g/mol. The number of imide groups is 1. The second-order valence-corrected chi connectivity index (χ2v) is 7.81. The minimum atomic E-state index is -0.498. The fourth-order valence-corrected chi connectivity index (χ4v) is 3.62. The summed E-state index contributed by atoms with van der Waals surface area (Å²) in [7, 11) is 1.55. The van der Waals surface area contributed by atoms with Crippen molar-refractivity contribution in [2.75, 3.05) is 17.3 Å². The van der Waals surface area contributed by atoms with Crippen molar-refractivity contribution in [1.29, 1.82) is 0 Å². The van der Waals surface area contributed by atoms with E-state index in [4.69, 9.17) is 4.74 Å². The Hall–Kier alpha value is -3.93. The van der Waals surface area contributed by atoms with Gasteiger partial charge in [0.2, 0.25) is 0 Å². The van der Waals surface area contributed by atoms with Crippen LogP contribution in [0.15, 0.2) is 78.5 Å². The molecule has 0 spiro atoms. The first-order valence-corrected chi connectivity index (χ1v) is 10.3. The third kappa shape index (κ3) is 3.99. The number of hydrogen-bond donors (Lipinski definition) is 1. The van der Waals surface area contributed by atoms with Crippen molar-refractivity contribution in [3.05, 3.63) is 95.4 Å². The SMILES string of the molecule is COc1ccc(C2=C(Nc3cccc(F)c3)C(=O)N(c3ccc(C(C)C)cc3)C2=O)cc1. The van der Waals surface area contributed by atoms with Crippen molar-refractivity contribution in [3.63, 3.8) is 0 Å². The summed E-state index contributed by atoms with van der Waals surface area (Å²) in [5.41, 5.74) is 2.84. The van der Waals surface area contributed by atoms with Gasteiger partial charge in [0, 0.05) is 5.69 Å². The zero-order valence-corrected chi connectivity index (χ0v) is 18.1. The zero-order valence-electron chi connectivity index (χ0n) is 18.1. The van der Waals surface area contributed by atoms with Crippen molar-refractivity contribution in [3.8, 4) is 5.75 Å². The molecule has 0 saturated heterocycles. The van der Waals surface area contributed by atoms with Crippen molar-refractivity contribution in [1.82, 2.24) is 0 Å². The quantitative estimate of drug-likeness (QED) is 0.536. The standard InChI is InChI=1S/C26H23FN2O3/c1-16(2)17-7-11-21(12-8-17)29-25(30)23(18-9-13-22(32-3)14-10-18)24(26(29)31)28-20-6-4-5-19(27)15-20/h4-16,28H,1-3H3.